The maximum absolute atomic E-state index is 10.2. The number of rotatable bonds is 5. The van der Waals surface area contributed by atoms with E-state index in [-0.39, 0.29) is 18.2 Å². The molecule has 0 radical (unpaired) electrons. The average molecular weight is 159 g/mol. The minimum atomic E-state index is -1.00. The van der Waals surface area contributed by atoms with Crippen LogP contribution in [0.3, 0.4) is 0 Å². The number of nitrogens with two attached hydrogens (primary N) is 1. The van der Waals surface area contributed by atoms with Gasteiger partial charge in [0.1, 0.15) is 0 Å². The predicted molar refractivity (Wildman–Crippen MR) is 41.1 cm³/mol. The highest BCUT2D eigenvalue weighted by Crippen LogP contribution is 2.03. The summed E-state index contributed by atoms with van der Waals surface area (Å²) in [6, 6.07) is -0.342. The Morgan fingerprint density at radius 1 is 1.64 bits per heavy atom. The van der Waals surface area contributed by atoms with Gasteiger partial charge >= 0.3 is 5.97 Å². The van der Waals surface area contributed by atoms with Crippen LogP contribution in [0.25, 0.3) is 0 Å². The van der Waals surface area contributed by atoms with E-state index >= 15 is 0 Å². The first kappa shape index (κ1) is 10.1. The Bertz CT molecular complexity index is 156. The van der Waals surface area contributed by atoms with Crippen molar-refractivity contribution in [3.8, 4) is 0 Å². The molecule has 0 aromatic carbocycles. The van der Waals surface area contributed by atoms with Crippen LogP contribution in [0.1, 0.15) is 12.8 Å². The molecule has 0 fully saturated rings. The fourth-order valence-electron chi connectivity index (χ4n) is 0.558. The summed E-state index contributed by atoms with van der Waals surface area (Å²) >= 11 is 0. The summed E-state index contributed by atoms with van der Waals surface area (Å²) in [4.78, 5) is 10.2. The van der Waals surface area contributed by atoms with Gasteiger partial charge in [-0.25, -0.2) is 4.79 Å². The van der Waals surface area contributed by atoms with Gasteiger partial charge in [0.05, 0.1) is 6.61 Å². The van der Waals surface area contributed by atoms with Crippen LogP contribution in [0.4, 0.5) is 0 Å². The van der Waals surface area contributed by atoms with Gasteiger partial charge in [-0.15, -0.1) is 0 Å². The summed E-state index contributed by atoms with van der Waals surface area (Å²) < 4.78 is 0. The molecular formula is C7H13NO3. The predicted octanol–water partition coefficient (Wildman–Crippen LogP) is -0.273. The van der Waals surface area contributed by atoms with E-state index in [1.807, 2.05) is 0 Å². The van der Waals surface area contributed by atoms with Crippen molar-refractivity contribution in [1.29, 1.82) is 0 Å². The van der Waals surface area contributed by atoms with Gasteiger partial charge in [-0.1, -0.05) is 6.58 Å². The first-order valence-electron chi connectivity index (χ1n) is 3.35. The van der Waals surface area contributed by atoms with E-state index < -0.39 is 5.97 Å². The van der Waals surface area contributed by atoms with Crippen LogP contribution in [0.15, 0.2) is 12.2 Å². The molecule has 11 heavy (non-hydrogen) atoms. The first-order chi connectivity index (χ1) is 5.07. The molecule has 0 bridgehead atoms. The van der Waals surface area contributed by atoms with Crippen molar-refractivity contribution < 1.29 is 15.0 Å². The van der Waals surface area contributed by atoms with Crippen LogP contribution in [0.2, 0.25) is 0 Å². The van der Waals surface area contributed by atoms with Gasteiger partial charge in [0.25, 0.3) is 0 Å². The molecule has 0 rings (SSSR count). The SMILES string of the molecule is C=C(CCC(N)CO)C(=O)O. The van der Waals surface area contributed by atoms with E-state index in [1.165, 1.54) is 0 Å². The van der Waals surface area contributed by atoms with Crippen LogP contribution in [-0.2, 0) is 4.79 Å². The van der Waals surface area contributed by atoms with Gasteiger partial charge in [0, 0.05) is 11.6 Å². The van der Waals surface area contributed by atoms with Gasteiger partial charge in [0.15, 0.2) is 0 Å². The third-order valence-corrected chi connectivity index (χ3v) is 1.35. The Morgan fingerprint density at radius 3 is 2.55 bits per heavy atom. The van der Waals surface area contributed by atoms with Crippen molar-refractivity contribution in [2.24, 2.45) is 5.73 Å². The maximum atomic E-state index is 10.2. The number of carboxylic acids is 1. The molecule has 1 atom stereocenters. The standard InChI is InChI=1S/C7H13NO3/c1-5(7(10)11)2-3-6(8)4-9/h6,9H,1-4,8H2,(H,10,11). The highest BCUT2D eigenvalue weighted by molar-refractivity contribution is 5.85. The Labute approximate surface area is 65.3 Å². The lowest BCUT2D eigenvalue weighted by Gasteiger charge is -2.06. The second kappa shape index (κ2) is 4.87. The summed E-state index contributed by atoms with van der Waals surface area (Å²) in [5.74, 6) is -1.00. The highest BCUT2D eigenvalue weighted by atomic mass is 16.4. The van der Waals surface area contributed by atoms with Gasteiger partial charge in [0.2, 0.25) is 0 Å². The summed E-state index contributed by atoms with van der Waals surface area (Å²) in [6.45, 7) is 3.21. The van der Waals surface area contributed by atoms with Crippen LogP contribution >= 0.6 is 0 Å². The van der Waals surface area contributed by atoms with Crippen molar-refractivity contribution in [2.45, 2.75) is 18.9 Å². The van der Waals surface area contributed by atoms with Gasteiger partial charge < -0.3 is 15.9 Å². The molecule has 4 heteroatoms. The molecule has 0 heterocycles. The van der Waals surface area contributed by atoms with E-state index in [1.54, 1.807) is 0 Å². The minimum Gasteiger partial charge on any atom is -0.478 e. The van der Waals surface area contributed by atoms with Crippen molar-refractivity contribution in [2.75, 3.05) is 6.61 Å². The molecule has 1 unspecified atom stereocenters. The van der Waals surface area contributed by atoms with Crippen molar-refractivity contribution in [1.82, 2.24) is 0 Å². The Kier molecular flexibility index (Phi) is 4.49. The second-order valence-electron chi connectivity index (χ2n) is 2.39. The van der Waals surface area contributed by atoms with E-state index in [0.717, 1.165) is 0 Å². The molecule has 0 aliphatic carbocycles. The lowest BCUT2D eigenvalue weighted by Crippen LogP contribution is -2.24. The normalized spacial score (nSPS) is 12.5. The third kappa shape index (κ3) is 4.52. The zero-order valence-electron chi connectivity index (χ0n) is 6.29. The lowest BCUT2D eigenvalue weighted by atomic mass is 10.1. The molecule has 0 aromatic heterocycles. The molecule has 0 spiro atoms. The molecular weight excluding hydrogens is 146 g/mol. The molecule has 0 saturated carbocycles. The second-order valence-corrected chi connectivity index (χ2v) is 2.39. The number of hydrogen-bond acceptors (Lipinski definition) is 3. The fourth-order valence-corrected chi connectivity index (χ4v) is 0.558. The highest BCUT2D eigenvalue weighted by Gasteiger charge is 2.06. The van der Waals surface area contributed by atoms with E-state index in [2.05, 4.69) is 6.58 Å². The summed E-state index contributed by atoms with van der Waals surface area (Å²) in [6.07, 6.45) is 0.790. The minimum absolute atomic E-state index is 0.118. The van der Waals surface area contributed by atoms with Crippen LogP contribution < -0.4 is 5.73 Å². The number of aliphatic carboxylic acids is 1. The molecule has 0 aliphatic rings. The average Bonchev–Trinajstić information content (AvgIpc) is 1.99. The van der Waals surface area contributed by atoms with E-state index in [4.69, 9.17) is 15.9 Å². The number of hydrogen-bond donors (Lipinski definition) is 3. The first-order valence-corrected chi connectivity index (χ1v) is 3.35. The van der Waals surface area contributed by atoms with Gasteiger partial charge in [-0.2, -0.15) is 0 Å². The molecule has 0 saturated heterocycles. The zero-order chi connectivity index (χ0) is 8.85. The number of aliphatic hydroxyl groups is 1. The smallest absolute Gasteiger partial charge is 0.330 e. The van der Waals surface area contributed by atoms with E-state index in [0.29, 0.717) is 12.8 Å². The summed E-state index contributed by atoms with van der Waals surface area (Å²) in [5.41, 5.74) is 5.47. The Hall–Kier alpha value is -0.870. The monoisotopic (exact) mass is 159 g/mol. The van der Waals surface area contributed by atoms with Crippen molar-refractivity contribution in [3.63, 3.8) is 0 Å². The van der Waals surface area contributed by atoms with Gasteiger partial charge in [-0.05, 0) is 12.8 Å². The van der Waals surface area contributed by atoms with Crippen LogP contribution in [0.5, 0.6) is 0 Å². The van der Waals surface area contributed by atoms with Crippen LogP contribution in [0, 0.1) is 0 Å². The van der Waals surface area contributed by atoms with E-state index in [9.17, 15) is 4.79 Å². The Balaban J connectivity index is 3.54. The molecule has 64 valence electrons. The zero-order valence-corrected chi connectivity index (χ0v) is 6.29. The van der Waals surface area contributed by atoms with Crippen molar-refractivity contribution >= 4 is 5.97 Å². The fraction of sp³-hybridized carbons (Fsp3) is 0.571. The van der Waals surface area contributed by atoms with Crippen molar-refractivity contribution in [3.05, 3.63) is 12.2 Å². The van der Waals surface area contributed by atoms with Crippen LogP contribution in [-0.4, -0.2) is 28.8 Å². The number of carboxylic acid groups (broad SMARTS) is 1. The Morgan fingerprint density at radius 2 is 2.18 bits per heavy atom. The summed E-state index contributed by atoms with van der Waals surface area (Å²) in [7, 11) is 0. The molecule has 0 amide bonds. The van der Waals surface area contributed by atoms with Gasteiger partial charge in [-0.3, -0.25) is 0 Å². The maximum Gasteiger partial charge on any atom is 0.330 e. The topological polar surface area (TPSA) is 83.5 Å². The lowest BCUT2D eigenvalue weighted by molar-refractivity contribution is -0.132. The molecule has 0 aromatic rings. The number of aliphatic hydroxyl groups excluding tert-OH is 1. The quantitative estimate of drug-likeness (QED) is 0.482. The summed E-state index contributed by atoms with van der Waals surface area (Å²) in [5, 5.41) is 16.8. The molecule has 0 aliphatic heterocycles. The molecule has 4 nitrogen and oxygen atoms in total. The number of carbonyl (C=O) groups is 1. The third-order valence-electron chi connectivity index (χ3n) is 1.35. The molecule has 4 N–H and O–H groups in total. The largest absolute Gasteiger partial charge is 0.478 e.